The summed E-state index contributed by atoms with van der Waals surface area (Å²) >= 11 is 1.83. The molecule has 1 heterocycles. The quantitative estimate of drug-likeness (QED) is 0.839. The van der Waals surface area contributed by atoms with Crippen LogP contribution in [-0.4, -0.2) is 17.6 Å². The molecule has 2 nitrogen and oxygen atoms in total. The van der Waals surface area contributed by atoms with Crippen LogP contribution in [0, 0.1) is 5.41 Å². The molecule has 17 heavy (non-hydrogen) atoms. The second kappa shape index (κ2) is 5.49. The third-order valence-electron chi connectivity index (χ3n) is 3.08. The summed E-state index contributed by atoms with van der Waals surface area (Å²) in [6.07, 6.45) is 6.18. The van der Waals surface area contributed by atoms with E-state index in [1.54, 1.807) is 0 Å². The lowest BCUT2D eigenvalue weighted by atomic mass is 9.91. The highest BCUT2D eigenvalue weighted by Gasteiger charge is 2.19. The van der Waals surface area contributed by atoms with Crippen LogP contribution in [0.25, 0.3) is 0 Å². The van der Waals surface area contributed by atoms with E-state index in [1.165, 1.54) is 30.0 Å². The molecule has 0 spiro atoms. The average Bonchev–Trinajstić information content (AvgIpc) is 2.93. The molecule has 0 radical (unpaired) electrons. The molecule has 0 atom stereocenters. The van der Waals surface area contributed by atoms with Gasteiger partial charge >= 0.3 is 0 Å². The summed E-state index contributed by atoms with van der Waals surface area (Å²) in [5.41, 5.74) is 1.69. The second-order valence-electron chi connectivity index (χ2n) is 6.27. The van der Waals surface area contributed by atoms with Gasteiger partial charge in [0.15, 0.2) is 0 Å². The van der Waals surface area contributed by atoms with E-state index in [4.69, 9.17) is 4.98 Å². The molecule has 2 rings (SSSR count). The minimum atomic E-state index is 0.416. The van der Waals surface area contributed by atoms with Gasteiger partial charge in [0.05, 0.1) is 10.7 Å². The zero-order chi connectivity index (χ0) is 12.3. The van der Waals surface area contributed by atoms with Crippen LogP contribution in [-0.2, 0) is 12.8 Å². The monoisotopic (exact) mass is 252 g/mol. The maximum atomic E-state index is 4.71. The Morgan fingerprint density at radius 3 is 2.76 bits per heavy atom. The molecule has 1 aliphatic rings. The van der Waals surface area contributed by atoms with Crippen molar-refractivity contribution < 1.29 is 0 Å². The van der Waals surface area contributed by atoms with E-state index in [9.17, 15) is 0 Å². The fraction of sp³-hybridized carbons (Fsp3) is 0.786. The van der Waals surface area contributed by atoms with Crippen LogP contribution in [0.15, 0.2) is 5.38 Å². The third-order valence-corrected chi connectivity index (χ3v) is 4.04. The minimum Gasteiger partial charge on any atom is -0.314 e. The maximum absolute atomic E-state index is 4.71. The van der Waals surface area contributed by atoms with E-state index in [2.05, 4.69) is 31.5 Å². The lowest BCUT2D eigenvalue weighted by Gasteiger charge is -2.16. The van der Waals surface area contributed by atoms with E-state index >= 15 is 0 Å². The van der Waals surface area contributed by atoms with Crippen molar-refractivity contribution in [1.29, 1.82) is 0 Å². The van der Waals surface area contributed by atoms with E-state index in [0.717, 1.165) is 25.4 Å². The number of thiazole rings is 1. The van der Waals surface area contributed by atoms with Crippen molar-refractivity contribution in [2.24, 2.45) is 5.41 Å². The number of aromatic nitrogens is 1. The van der Waals surface area contributed by atoms with Gasteiger partial charge < -0.3 is 5.32 Å². The van der Waals surface area contributed by atoms with Gasteiger partial charge in [-0.2, -0.15) is 0 Å². The Balaban J connectivity index is 1.70. The smallest absolute Gasteiger partial charge is 0.0928 e. The molecule has 96 valence electrons. The topological polar surface area (TPSA) is 24.9 Å². The molecule has 0 aromatic carbocycles. The molecule has 1 aliphatic carbocycles. The Hall–Kier alpha value is -0.410. The normalized spacial score (nSPS) is 16.4. The standard InChI is InChI=1S/C14H24N2S/c1-14(2,3)8-6-13-16-12(10-17-13)7-9-15-11-4-5-11/h10-11,15H,4-9H2,1-3H3. The molecular formula is C14H24N2S. The van der Waals surface area contributed by atoms with Crippen molar-refractivity contribution in [3.63, 3.8) is 0 Å². The van der Waals surface area contributed by atoms with Gasteiger partial charge in [0.25, 0.3) is 0 Å². The highest BCUT2D eigenvalue weighted by atomic mass is 32.1. The minimum absolute atomic E-state index is 0.416. The zero-order valence-corrected chi connectivity index (χ0v) is 12.1. The summed E-state index contributed by atoms with van der Waals surface area (Å²) in [4.78, 5) is 4.71. The Morgan fingerprint density at radius 2 is 2.12 bits per heavy atom. The van der Waals surface area contributed by atoms with Gasteiger partial charge in [0.1, 0.15) is 0 Å². The van der Waals surface area contributed by atoms with Gasteiger partial charge in [0, 0.05) is 24.4 Å². The zero-order valence-electron chi connectivity index (χ0n) is 11.3. The Bertz CT molecular complexity index is 347. The van der Waals surface area contributed by atoms with Gasteiger partial charge in [-0.15, -0.1) is 11.3 Å². The first-order valence-electron chi connectivity index (χ1n) is 6.70. The van der Waals surface area contributed by atoms with Crippen molar-refractivity contribution in [2.75, 3.05) is 6.54 Å². The van der Waals surface area contributed by atoms with E-state index in [1.807, 2.05) is 11.3 Å². The lowest BCUT2D eigenvalue weighted by Crippen LogP contribution is -2.19. The second-order valence-corrected chi connectivity index (χ2v) is 7.21. The molecule has 0 unspecified atom stereocenters. The first-order valence-corrected chi connectivity index (χ1v) is 7.57. The lowest BCUT2D eigenvalue weighted by molar-refractivity contribution is 0.378. The van der Waals surface area contributed by atoms with Crippen molar-refractivity contribution >= 4 is 11.3 Å². The molecule has 0 aliphatic heterocycles. The predicted octanol–water partition coefficient (Wildman–Crippen LogP) is 3.42. The molecule has 1 saturated carbocycles. The number of hydrogen-bond donors (Lipinski definition) is 1. The van der Waals surface area contributed by atoms with E-state index in [-0.39, 0.29) is 0 Å². The van der Waals surface area contributed by atoms with Crippen LogP contribution in [0.4, 0.5) is 0 Å². The summed E-state index contributed by atoms with van der Waals surface area (Å²) in [5.74, 6) is 0. The predicted molar refractivity (Wildman–Crippen MR) is 74.6 cm³/mol. The van der Waals surface area contributed by atoms with Crippen molar-refractivity contribution in [3.8, 4) is 0 Å². The summed E-state index contributed by atoms with van der Waals surface area (Å²) in [6, 6.07) is 0.814. The Labute approximate surface area is 109 Å². The van der Waals surface area contributed by atoms with Gasteiger partial charge in [-0.1, -0.05) is 20.8 Å². The van der Waals surface area contributed by atoms with Crippen LogP contribution >= 0.6 is 11.3 Å². The van der Waals surface area contributed by atoms with Crippen LogP contribution in [0.1, 0.15) is 50.7 Å². The molecule has 1 aromatic heterocycles. The van der Waals surface area contributed by atoms with Crippen LogP contribution in [0.2, 0.25) is 0 Å². The van der Waals surface area contributed by atoms with Crippen LogP contribution < -0.4 is 5.32 Å². The fourth-order valence-electron chi connectivity index (χ4n) is 1.75. The SMILES string of the molecule is CC(C)(C)CCc1nc(CCNC2CC2)cs1. The van der Waals surface area contributed by atoms with Gasteiger partial charge in [0.2, 0.25) is 0 Å². The molecule has 1 N–H and O–H groups in total. The summed E-state index contributed by atoms with van der Waals surface area (Å²) in [7, 11) is 0. The number of nitrogens with zero attached hydrogens (tertiary/aromatic N) is 1. The maximum Gasteiger partial charge on any atom is 0.0928 e. The molecule has 0 amide bonds. The molecule has 1 fully saturated rings. The molecule has 0 bridgehead atoms. The van der Waals surface area contributed by atoms with Crippen molar-refractivity contribution in [1.82, 2.24) is 10.3 Å². The molecular weight excluding hydrogens is 228 g/mol. The largest absolute Gasteiger partial charge is 0.314 e. The number of nitrogens with one attached hydrogen (secondary N) is 1. The van der Waals surface area contributed by atoms with E-state index in [0.29, 0.717) is 5.41 Å². The average molecular weight is 252 g/mol. The summed E-state index contributed by atoms with van der Waals surface area (Å²) in [5, 5.41) is 7.07. The van der Waals surface area contributed by atoms with Crippen molar-refractivity contribution in [2.45, 2.75) is 58.9 Å². The van der Waals surface area contributed by atoms with Crippen LogP contribution in [0.3, 0.4) is 0 Å². The summed E-state index contributed by atoms with van der Waals surface area (Å²) in [6.45, 7) is 7.97. The van der Waals surface area contributed by atoms with Crippen LogP contribution in [0.5, 0.6) is 0 Å². The molecule has 0 saturated heterocycles. The molecule has 3 heteroatoms. The number of rotatable bonds is 6. The molecule has 1 aromatic rings. The first kappa shape index (κ1) is 13.0. The fourth-order valence-corrected chi connectivity index (χ4v) is 2.58. The third kappa shape index (κ3) is 5.17. The Kier molecular flexibility index (Phi) is 4.21. The van der Waals surface area contributed by atoms with Gasteiger partial charge in [-0.25, -0.2) is 4.98 Å². The summed E-state index contributed by atoms with van der Waals surface area (Å²) < 4.78 is 0. The first-order chi connectivity index (χ1) is 8.03. The van der Waals surface area contributed by atoms with E-state index < -0.39 is 0 Å². The highest BCUT2D eigenvalue weighted by molar-refractivity contribution is 7.09. The van der Waals surface area contributed by atoms with Crippen molar-refractivity contribution in [3.05, 3.63) is 16.1 Å². The Morgan fingerprint density at radius 1 is 1.35 bits per heavy atom. The number of hydrogen-bond acceptors (Lipinski definition) is 3. The number of aryl methyl sites for hydroxylation is 1. The highest BCUT2D eigenvalue weighted by Crippen LogP contribution is 2.23. The van der Waals surface area contributed by atoms with Gasteiger partial charge in [-0.05, 0) is 31.1 Å². The van der Waals surface area contributed by atoms with Gasteiger partial charge in [-0.3, -0.25) is 0 Å².